The second-order valence-corrected chi connectivity index (χ2v) is 4.77. The quantitative estimate of drug-likeness (QED) is 0.915. The van der Waals surface area contributed by atoms with E-state index in [0.717, 1.165) is 12.1 Å². The van der Waals surface area contributed by atoms with Gasteiger partial charge >= 0.3 is 5.97 Å². The van der Waals surface area contributed by atoms with Crippen LogP contribution in [0.5, 0.6) is 0 Å². The fourth-order valence-electron chi connectivity index (χ4n) is 2.17. The van der Waals surface area contributed by atoms with Crippen LogP contribution >= 0.6 is 0 Å². The maximum Gasteiger partial charge on any atom is 0.307 e. The molecule has 0 fully saturated rings. The number of benzene rings is 2. The molecule has 0 heterocycles. The van der Waals surface area contributed by atoms with Crippen molar-refractivity contribution in [1.82, 2.24) is 0 Å². The second-order valence-electron chi connectivity index (χ2n) is 4.77. The van der Waals surface area contributed by atoms with E-state index < -0.39 is 29.3 Å². The van der Waals surface area contributed by atoms with Crippen LogP contribution in [0.1, 0.15) is 11.1 Å². The van der Waals surface area contributed by atoms with Gasteiger partial charge in [0.25, 0.3) is 0 Å². The zero-order valence-corrected chi connectivity index (χ0v) is 11.0. The van der Waals surface area contributed by atoms with Crippen molar-refractivity contribution >= 4 is 5.97 Å². The monoisotopic (exact) mass is 294 g/mol. The summed E-state index contributed by atoms with van der Waals surface area (Å²) in [5, 5.41) is 9.21. The summed E-state index contributed by atoms with van der Waals surface area (Å²) in [5.41, 5.74) is 0.209. The van der Waals surface area contributed by atoms with Crippen LogP contribution in [-0.4, -0.2) is 11.1 Å². The molecule has 21 heavy (non-hydrogen) atoms. The SMILES string of the molecule is O=C(O)C(Cc1cccc(F)c1)Cc1c(F)cccc1F. The van der Waals surface area contributed by atoms with E-state index in [4.69, 9.17) is 0 Å². The number of carboxylic acid groups (broad SMARTS) is 1. The standard InChI is InChI=1S/C16H13F3O2/c17-12-4-1-3-10(8-12)7-11(16(20)21)9-13-14(18)5-2-6-15(13)19/h1-6,8,11H,7,9H2,(H,20,21). The molecule has 0 aliphatic heterocycles. The molecule has 0 radical (unpaired) electrons. The Kier molecular flexibility index (Phi) is 4.62. The van der Waals surface area contributed by atoms with Gasteiger partial charge in [-0.3, -0.25) is 4.79 Å². The molecule has 0 aliphatic carbocycles. The molecule has 0 amide bonds. The first-order valence-corrected chi connectivity index (χ1v) is 6.37. The van der Waals surface area contributed by atoms with Crippen LogP contribution < -0.4 is 0 Å². The van der Waals surface area contributed by atoms with E-state index in [-0.39, 0.29) is 18.4 Å². The summed E-state index contributed by atoms with van der Waals surface area (Å²) >= 11 is 0. The average Bonchev–Trinajstić information content (AvgIpc) is 2.41. The summed E-state index contributed by atoms with van der Waals surface area (Å²) in [6.07, 6.45) is -0.286. The van der Waals surface area contributed by atoms with Gasteiger partial charge in [-0.15, -0.1) is 0 Å². The Morgan fingerprint density at radius 1 is 1.00 bits per heavy atom. The number of hydrogen-bond acceptors (Lipinski definition) is 1. The first-order valence-electron chi connectivity index (χ1n) is 6.37. The number of carbonyl (C=O) groups is 1. The van der Waals surface area contributed by atoms with Crippen LogP contribution in [-0.2, 0) is 17.6 Å². The van der Waals surface area contributed by atoms with Crippen molar-refractivity contribution < 1.29 is 23.1 Å². The van der Waals surface area contributed by atoms with E-state index in [1.54, 1.807) is 6.07 Å². The van der Waals surface area contributed by atoms with Crippen molar-refractivity contribution in [1.29, 1.82) is 0 Å². The van der Waals surface area contributed by atoms with Crippen molar-refractivity contribution in [2.45, 2.75) is 12.8 Å². The fourth-order valence-corrected chi connectivity index (χ4v) is 2.17. The lowest BCUT2D eigenvalue weighted by Crippen LogP contribution is -2.20. The first-order chi connectivity index (χ1) is 9.97. The molecule has 1 atom stereocenters. The predicted molar refractivity (Wildman–Crippen MR) is 71.3 cm³/mol. The van der Waals surface area contributed by atoms with Gasteiger partial charge in [-0.2, -0.15) is 0 Å². The summed E-state index contributed by atoms with van der Waals surface area (Å²) in [5.74, 6) is -4.24. The van der Waals surface area contributed by atoms with Gasteiger partial charge in [0, 0.05) is 5.56 Å². The highest BCUT2D eigenvalue weighted by Crippen LogP contribution is 2.20. The Bertz CT molecular complexity index is 635. The zero-order chi connectivity index (χ0) is 15.4. The van der Waals surface area contributed by atoms with Crippen molar-refractivity contribution in [3.63, 3.8) is 0 Å². The van der Waals surface area contributed by atoms with E-state index in [1.807, 2.05) is 0 Å². The van der Waals surface area contributed by atoms with Gasteiger partial charge in [-0.25, -0.2) is 13.2 Å². The van der Waals surface area contributed by atoms with E-state index in [9.17, 15) is 23.1 Å². The Morgan fingerprint density at radius 3 is 2.19 bits per heavy atom. The van der Waals surface area contributed by atoms with Crippen molar-refractivity contribution in [2.75, 3.05) is 0 Å². The summed E-state index contributed by atoms with van der Waals surface area (Å²) in [7, 11) is 0. The lowest BCUT2D eigenvalue weighted by atomic mass is 9.92. The molecule has 1 unspecified atom stereocenters. The normalized spacial score (nSPS) is 12.1. The van der Waals surface area contributed by atoms with Crippen LogP contribution in [0.2, 0.25) is 0 Å². The Hall–Kier alpha value is -2.30. The third-order valence-corrected chi connectivity index (χ3v) is 3.23. The molecule has 0 saturated carbocycles. The average molecular weight is 294 g/mol. The van der Waals surface area contributed by atoms with Gasteiger partial charge in [-0.1, -0.05) is 18.2 Å². The molecule has 0 spiro atoms. The molecule has 5 heteroatoms. The minimum atomic E-state index is -1.18. The molecule has 0 saturated heterocycles. The number of rotatable bonds is 5. The van der Waals surface area contributed by atoms with E-state index in [1.165, 1.54) is 24.3 Å². The predicted octanol–water partition coefficient (Wildman–Crippen LogP) is 3.59. The third-order valence-electron chi connectivity index (χ3n) is 3.23. The van der Waals surface area contributed by atoms with Gasteiger partial charge < -0.3 is 5.11 Å². The van der Waals surface area contributed by atoms with Crippen LogP contribution in [0.15, 0.2) is 42.5 Å². The molecule has 1 N–H and O–H groups in total. The van der Waals surface area contributed by atoms with Gasteiger partial charge in [0.1, 0.15) is 17.5 Å². The van der Waals surface area contributed by atoms with Crippen LogP contribution in [0.3, 0.4) is 0 Å². The fraction of sp³-hybridized carbons (Fsp3) is 0.188. The molecule has 2 aromatic carbocycles. The molecular weight excluding hydrogens is 281 g/mol. The summed E-state index contributed by atoms with van der Waals surface area (Å²) in [6.45, 7) is 0. The largest absolute Gasteiger partial charge is 0.481 e. The lowest BCUT2D eigenvalue weighted by Gasteiger charge is -2.13. The van der Waals surface area contributed by atoms with Gasteiger partial charge in [0.15, 0.2) is 0 Å². The molecule has 0 aromatic heterocycles. The summed E-state index contributed by atoms with van der Waals surface area (Å²) in [4.78, 5) is 11.3. The summed E-state index contributed by atoms with van der Waals surface area (Å²) in [6, 6.07) is 8.89. The minimum absolute atomic E-state index is 0.000861. The smallest absolute Gasteiger partial charge is 0.307 e. The van der Waals surface area contributed by atoms with E-state index in [0.29, 0.717) is 5.56 Å². The summed E-state index contributed by atoms with van der Waals surface area (Å²) < 4.78 is 40.3. The lowest BCUT2D eigenvalue weighted by molar-refractivity contribution is -0.141. The molecule has 2 rings (SSSR count). The maximum atomic E-state index is 13.6. The van der Waals surface area contributed by atoms with Crippen molar-refractivity contribution in [2.24, 2.45) is 5.92 Å². The van der Waals surface area contributed by atoms with Crippen molar-refractivity contribution in [3.8, 4) is 0 Å². The second kappa shape index (κ2) is 6.43. The van der Waals surface area contributed by atoms with Crippen LogP contribution in [0.25, 0.3) is 0 Å². The number of halogens is 3. The van der Waals surface area contributed by atoms with Gasteiger partial charge in [0.2, 0.25) is 0 Å². The number of aliphatic carboxylic acids is 1. The third kappa shape index (κ3) is 3.84. The Balaban J connectivity index is 2.22. The zero-order valence-electron chi connectivity index (χ0n) is 11.0. The van der Waals surface area contributed by atoms with Crippen molar-refractivity contribution in [3.05, 3.63) is 71.0 Å². The van der Waals surface area contributed by atoms with Crippen LogP contribution in [0, 0.1) is 23.4 Å². The topological polar surface area (TPSA) is 37.3 Å². The highest BCUT2D eigenvalue weighted by atomic mass is 19.1. The Labute approximate surface area is 119 Å². The molecular formula is C16H13F3O2. The number of carboxylic acids is 1. The van der Waals surface area contributed by atoms with E-state index >= 15 is 0 Å². The minimum Gasteiger partial charge on any atom is -0.481 e. The van der Waals surface area contributed by atoms with Gasteiger partial charge in [0.05, 0.1) is 5.92 Å². The highest BCUT2D eigenvalue weighted by Gasteiger charge is 2.22. The number of hydrogen-bond donors (Lipinski definition) is 1. The maximum absolute atomic E-state index is 13.6. The molecule has 2 aromatic rings. The van der Waals surface area contributed by atoms with Gasteiger partial charge in [-0.05, 0) is 42.7 Å². The molecule has 2 nitrogen and oxygen atoms in total. The molecule has 110 valence electrons. The molecule has 0 bridgehead atoms. The highest BCUT2D eigenvalue weighted by molar-refractivity contribution is 5.71. The van der Waals surface area contributed by atoms with E-state index in [2.05, 4.69) is 0 Å². The molecule has 0 aliphatic rings. The van der Waals surface area contributed by atoms with Crippen LogP contribution in [0.4, 0.5) is 13.2 Å². The Morgan fingerprint density at radius 2 is 1.62 bits per heavy atom. The first kappa shape index (κ1) is 15.1.